The Morgan fingerprint density at radius 2 is 1.91 bits per heavy atom. The molecule has 2 aromatic rings. The Kier molecular flexibility index (Phi) is 4.86. The Morgan fingerprint density at radius 1 is 1.27 bits per heavy atom. The predicted molar refractivity (Wildman–Crippen MR) is 91.5 cm³/mol. The molecule has 0 aliphatic rings. The highest BCUT2D eigenvalue weighted by atomic mass is 32.1. The van der Waals surface area contributed by atoms with Gasteiger partial charge in [0.25, 0.3) is 0 Å². The molecule has 0 aliphatic carbocycles. The maximum atomic E-state index is 12.0. The van der Waals surface area contributed by atoms with Crippen molar-refractivity contribution in [3.8, 4) is 17.0 Å². The molecule has 0 saturated heterocycles. The van der Waals surface area contributed by atoms with Crippen LogP contribution in [0.25, 0.3) is 11.3 Å². The standard InChI is InChI=1S/C17H22N2O2S/c1-6-21-13-9-7-12(8-10-13)14-11(2)22-16(18-14)19-15(20)17(3,4)5/h7-10H,6H2,1-5H3,(H,18,19,20). The molecule has 0 saturated carbocycles. The molecule has 0 spiro atoms. The molecule has 4 nitrogen and oxygen atoms in total. The summed E-state index contributed by atoms with van der Waals surface area (Å²) in [5, 5.41) is 3.53. The number of amides is 1. The van der Waals surface area contributed by atoms with Gasteiger partial charge in [-0.15, -0.1) is 11.3 Å². The molecule has 1 heterocycles. The van der Waals surface area contributed by atoms with Crippen molar-refractivity contribution in [1.82, 2.24) is 4.98 Å². The molecular formula is C17H22N2O2S. The Morgan fingerprint density at radius 3 is 2.45 bits per heavy atom. The summed E-state index contributed by atoms with van der Waals surface area (Å²) in [5.74, 6) is 0.819. The van der Waals surface area contributed by atoms with E-state index in [1.54, 1.807) is 0 Å². The zero-order valence-electron chi connectivity index (χ0n) is 13.7. The summed E-state index contributed by atoms with van der Waals surface area (Å²) in [6.45, 7) is 10.3. The number of carbonyl (C=O) groups excluding carboxylic acids is 1. The fourth-order valence-corrected chi connectivity index (χ4v) is 2.71. The lowest BCUT2D eigenvalue weighted by Crippen LogP contribution is -2.27. The van der Waals surface area contributed by atoms with Gasteiger partial charge in [0.15, 0.2) is 5.13 Å². The van der Waals surface area contributed by atoms with Crippen molar-refractivity contribution in [3.05, 3.63) is 29.1 Å². The largest absolute Gasteiger partial charge is 0.494 e. The van der Waals surface area contributed by atoms with Gasteiger partial charge in [0.2, 0.25) is 5.91 Å². The summed E-state index contributed by atoms with van der Waals surface area (Å²) in [7, 11) is 0. The molecule has 0 fully saturated rings. The Balaban J connectivity index is 2.21. The maximum Gasteiger partial charge on any atom is 0.231 e. The number of aryl methyl sites for hydroxylation is 1. The quantitative estimate of drug-likeness (QED) is 0.903. The average molecular weight is 318 g/mol. The van der Waals surface area contributed by atoms with E-state index in [1.165, 1.54) is 11.3 Å². The Hall–Kier alpha value is -1.88. The van der Waals surface area contributed by atoms with Crippen LogP contribution in [0.5, 0.6) is 5.75 Å². The fraction of sp³-hybridized carbons (Fsp3) is 0.412. The topological polar surface area (TPSA) is 51.2 Å². The van der Waals surface area contributed by atoms with Gasteiger partial charge in [0, 0.05) is 15.9 Å². The van der Waals surface area contributed by atoms with Gasteiger partial charge in [-0.25, -0.2) is 4.98 Å². The van der Waals surface area contributed by atoms with Crippen LogP contribution in [0.4, 0.5) is 5.13 Å². The molecule has 1 aromatic heterocycles. The van der Waals surface area contributed by atoms with Crippen molar-refractivity contribution in [2.45, 2.75) is 34.6 Å². The van der Waals surface area contributed by atoms with Gasteiger partial charge in [-0.1, -0.05) is 20.8 Å². The number of aromatic nitrogens is 1. The lowest BCUT2D eigenvalue weighted by atomic mass is 9.96. The second kappa shape index (κ2) is 6.48. The summed E-state index contributed by atoms with van der Waals surface area (Å²) in [6, 6.07) is 7.85. The van der Waals surface area contributed by atoms with E-state index in [2.05, 4.69) is 10.3 Å². The summed E-state index contributed by atoms with van der Waals surface area (Å²) in [6.07, 6.45) is 0. The first kappa shape index (κ1) is 16.5. The predicted octanol–water partition coefficient (Wildman–Crippen LogP) is 4.50. The molecule has 0 unspecified atom stereocenters. The molecule has 0 radical (unpaired) electrons. The van der Waals surface area contributed by atoms with Crippen LogP contribution in [0.3, 0.4) is 0 Å². The SMILES string of the molecule is CCOc1ccc(-c2nc(NC(=O)C(C)(C)C)sc2C)cc1. The van der Waals surface area contributed by atoms with Crippen LogP contribution in [-0.4, -0.2) is 17.5 Å². The van der Waals surface area contributed by atoms with Crippen LogP contribution in [0.2, 0.25) is 0 Å². The number of ether oxygens (including phenoxy) is 1. The minimum absolute atomic E-state index is 0.0282. The molecule has 118 valence electrons. The van der Waals surface area contributed by atoms with E-state index in [9.17, 15) is 4.79 Å². The van der Waals surface area contributed by atoms with Gasteiger partial charge in [0.1, 0.15) is 5.75 Å². The number of nitrogens with one attached hydrogen (secondary N) is 1. The average Bonchev–Trinajstić information content (AvgIpc) is 2.80. The van der Waals surface area contributed by atoms with Crippen molar-refractivity contribution >= 4 is 22.4 Å². The lowest BCUT2D eigenvalue weighted by Gasteiger charge is -2.15. The third-order valence-corrected chi connectivity index (χ3v) is 4.02. The van der Waals surface area contributed by atoms with E-state index >= 15 is 0 Å². The number of thiazole rings is 1. The van der Waals surface area contributed by atoms with E-state index in [4.69, 9.17) is 4.74 Å². The summed E-state index contributed by atoms with van der Waals surface area (Å²) in [5.41, 5.74) is 1.49. The number of carbonyl (C=O) groups is 1. The highest BCUT2D eigenvalue weighted by Gasteiger charge is 2.22. The minimum atomic E-state index is -0.432. The zero-order chi connectivity index (χ0) is 16.3. The number of hydrogen-bond donors (Lipinski definition) is 1. The summed E-state index contributed by atoms with van der Waals surface area (Å²) in [4.78, 5) is 17.7. The van der Waals surface area contributed by atoms with Gasteiger partial charge in [0.05, 0.1) is 12.3 Å². The normalized spacial score (nSPS) is 11.3. The first-order chi connectivity index (χ1) is 10.3. The Bertz CT molecular complexity index is 654. The van der Waals surface area contributed by atoms with Crippen molar-refractivity contribution in [3.63, 3.8) is 0 Å². The Labute approximate surface area is 135 Å². The van der Waals surface area contributed by atoms with E-state index < -0.39 is 5.41 Å². The van der Waals surface area contributed by atoms with Crippen LogP contribution in [0.1, 0.15) is 32.6 Å². The third-order valence-electron chi connectivity index (χ3n) is 3.14. The van der Waals surface area contributed by atoms with Crippen LogP contribution in [0.15, 0.2) is 24.3 Å². The number of anilines is 1. The zero-order valence-corrected chi connectivity index (χ0v) is 14.5. The molecule has 5 heteroatoms. The summed E-state index contributed by atoms with van der Waals surface area (Å²) < 4.78 is 5.45. The van der Waals surface area contributed by atoms with E-state index in [1.807, 2.05) is 58.9 Å². The molecule has 1 amide bonds. The van der Waals surface area contributed by atoms with Crippen LogP contribution in [0, 0.1) is 12.3 Å². The van der Waals surface area contributed by atoms with Crippen LogP contribution < -0.4 is 10.1 Å². The number of hydrogen-bond acceptors (Lipinski definition) is 4. The number of nitrogens with zero attached hydrogens (tertiary/aromatic N) is 1. The monoisotopic (exact) mass is 318 g/mol. The molecule has 0 bridgehead atoms. The molecule has 22 heavy (non-hydrogen) atoms. The van der Waals surface area contributed by atoms with Crippen LogP contribution >= 0.6 is 11.3 Å². The second-order valence-corrected chi connectivity index (χ2v) is 7.29. The highest BCUT2D eigenvalue weighted by Crippen LogP contribution is 2.32. The fourth-order valence-electron chi connectivity index (χ4n) is 1.88. The second-order valence-electron chi connectivity index (χ2n) is 6.09. The highest BCUT2D eigenvalue weighted by molar-refractivity contribution is 7.16. The van der Waals surface area contributed by atoms with Gasteiger partial charge in [-0.05, 0) is 38.1 Å². The van der Waals surface area contributed by atoms with Crippen molar-refractivity contribution in [1.29, 1.82) is 0 Å². The molecule has 0 atom stereocenters. The minimum Gasteiger partial charge on any atom is -0.494 e. The first-order valence-electron chi connectivity index (χ1n) is 7.33. The number of benzene rings is 1. The van der Waals surface area contributed by atoms with E-state index in [0.717, 1.165) is 21.9 Å². The third kappa shape index (κ3) is 3.85. The smallest absolute Gasteiger partial charge is 0.231 e. The first-order valence-corrected chi connectivity index (χ1v) is 8.15. The molecule has 0 aliphatic heterocycles. The molecule has 1 N–H and O–H groups in total. The van der Waals surface area contributed by atoms with E-state index in [-0.39, 0.29) is 5.91 Å². The van der Waals surface area contributed by atoms with Crippen molar-refractivity contribution in [2.75, 3.05) is 11.9 Å². The van der Waals surface area contributed by atoms with Crippen LogP contribution in [-0.2, 0) is 4.79 Å². The molecule has 2 rings (SSSR count). The number of rotatable bonds is 4. The molecule has 1 aromatic carbocycles. The molecular weight excluding hydrogens is 296 g/mol. The van der Waals surface area contributed by atoms with Crippen molar-refractivity contribution < 1.29 is 9.53 Å². The van der Waals surface area contributed by atoms with Gasteiger partial charge >= 0.3 is 0 Å². The van der Waals surface area contributed by atoms with Gasteiger partial charge in [-0.3, -0.25) is 4.79 Å². The van der Waals surface area contributed by atoms with Crippen molar-refractivity contribution in [2.24, 2.45) is 5.41 Å². The van der Waals surface area contributed by atoms with Gasteiger partial charge < -0.3 is 10.1 Å². The summed E-state index contributed by atoms with van der Waals surface area (Å²) >= 11 is 1.49. The lowest BCUT2D eigenvalue weighted by molar-refractivity contribution is -0.123. The maximum absolute atomic E-state index is 12.0. The van der Waals surface area contributed by atoms with E-state index in [0.29, 0.717) is 11.7 Å². The van der Waals surface area contributed by atoms with Gasteiger partial charge in [-0.2, -0.15) is 0 Å².